The molecule has 25 heavy (non-hydrogen) atoms. The van der Waals surface area contributed by atoms with E-state index in [1.807, 2.05) is 24.3 Å². The van der Waals surface area contributed by atoms with Crippen LogP contribution in [0.25, 0.3) is 0 Å². The van der Waals surface area contributed by atoms with E-state index in [4.69, 9.17) is 14.6 Å². The molecule has 0 bridgehead atoms. The second-order valence-corrected chi connectivity index (χ2v) is 5.49. The van der Waals surface area contributed by atoms with E-state index in [9.17, 15) is 4.79 Å². The minimum absolute atomic E-state index is 0.474. The molecule has 6 heteroatoms. The third kappa shape index (κ3) is 6.25. The molecule has 1 unspecified atom stereocenters. The van der Waals surface area contributed by atoms with Crippen LogP contribution in [0.1, 0.15) is 26.7 Å². The highest BCUT2D eigenvalue weighted by molar-refractivity contribution is 5.72. The summed E-state index contributed by atoms with van der Waals surface area (Å²) < 4.78 is 10.9. The Morgan fingerprint density at radius 3 is 2.00 bits per heavy atom. The summed E-state index contributed by atoms with van der Waals surface area (Å²) in [4.78, 5) is 10.8. The number of ether oxygens (including phenoxy) is 2. The fraction of sp³-hybridized carbons (Fsp3) is 0.316. The summed E-state index contributed by atoms with van der Waals surface area (Å²) in [6, 6.07) is 14.2. The van der Waals surface area contributed by atoms with Crippen LogP contribution in [0.3, 0.4) is 0 Å². The topological polar surface area (TPSA) is 80.5 Å². The molecule has 1 atom stereocenters. The Bertz CT molecular complexity index is 696. The van der Waals surface area contributed by atoms with E-state index in [1.54, 1.807) is 24.3 Å². The third-order valence-corrected chi connectivity index (χ3v) is 3.38. The van der Waals surface area contributed by atoms with Crippen LogP contribution in [0, 0.1) is 0 Å². The average molecular weight is 342 g/mol. The summed E-state index contributed by atoms with van der Waals surface area (Å²) in [5.74, 6) is 0.287. The van der Waals surface area contributed by atoms with E-state index in [-0.39, 0.29) is 0 Å². The molecule has 0 aliphatic rings. The first-order chi connectivity index (χ1) is 12.1. The van der Waals surface area contributed by atoms with Crippen LogP contribution in [0.15, 0.2) is 58.8 Å². The number of benzene rings is 2. The van der Waals surface area contributed by atoms with Crippen molar-refractivity contribution in [2.75, 3.05) is 6.61 Å². The minimum atomic E-state index is -1.01. The smallest absolute Gasteiger partial charge is 0.344 e. The molecule has 132 valence electrons. The number of unbranched alkanes of at least 4 members (excludes halogenated alkanes) is 1. The van der Waals surface area contributed by atoms with Gasteiger partial charge in [0.15, 0.2) is 6.10 Å². The van der Waals surface area contributed by atoms with Gasteiger partial charge in [0, 0.05) is 0 Å². The number of carboxylic acids is 1. The summed E-state index contributed by atoms with van der Waals surface area (Å²) in [5, 5.41) is 17.1. The predicted molar refractivity (Wildman–Crippen MR) is 95.2 cm³/mol. The first-order valence-electron chi connectivity index (χ1n) is 8.22. The number of rotatable bonds is 9. The van der Waals surface area contributed by atoms with Gasteiger partial charge in [0.1, 0.15) is 11.5 Å². The predicted octanol–water partition coefficient (Wildman–Crippen LogP) is 5.13. The Hall–Kier alpha value is -2.89. The summed E-state index contributed by atoms with van der Waals surface area (Å²) in [6.07, 6.45) is 1.24. The minimum Gasteiger partial charge on any atom is -0.494 e. The Labute approximate surface area is 147 Å². The number of carbonyl (C=O) groups is 1. The Morgan fingerprint density at radius 1 is 1.00 bits per heavy atom. The van der Waals surface area contributed by atoms with Crippen molar-refractivity contribution >= 4 is 17.3 Å². The number of azo groups is 1. The molecular weight excluding hydrogens is 320 g/mol. The number of carboxylic acid groups (broad SMARTS) is 1. The molecule has 0 fully saturated rings. The summed E-state index contributed by atoms with van der Waals surface area (Å²) in [7, 11) is 0. The fourth-order valence-corrected chi connectivity index (χ4v) is 1.90. The lowest BCUT2D eigenvalue weighted by molar-refractivity contribution is -0.144. The van der Waals surface area contributed by atoms with Gasteiger partial charge < -0.3 is 14.6 Å². The molecule has 0 radical (unpaired) electrons. The first kappa shape index (κ1) is 18.4. The molecule has 6 nitrogen and oxygen atoms in total. The number of nitrogens with zero attached hydrogens (tertiary/aromatic N) is 2. The van der Waals surface area contributed by atoms with Crippen LogP contribution in [0.2, 0.25) is 0 Å². The van der Waals surface area contributed by atoms with E-state index < -0.39 is 12.1 Å². The van der Waals surface area contributed by atoms with E-state index in [0.717, 1.165) is 24.3 Å². The molecule has 2 aromatic rings. The number of hydrogen-bond donors (Lipinski definition) is 1. The zero-order chi connectivity index (χ0) is 18.1. The Kier molecular flexibility index (Phi) is 6.95. The maximum absolute atomic E-state index is 10.8. The molecule has 2 rings (SSSR count). The highest BCUT2D eigenvalue weighted by atomic mass is 16.5. The molecule has 2 aromatic carbocycles. The van der Waals surface area contributed by atoms with Crippen molar-refractivity contribution in [3.63, 3.8) is 0 Å². The third-order valence-electron chi connectivity index (χ3n) is 3.38. The highest BCUT2D eigenvalue weighted by Crippen LogP contribution is 2.23. The van der Waals surface area contributed by atoms with Gasteiger partial charge in [-0.25, -0.2) is 4.79 Å². The number of aliphatic carboxylic acids is 1. The monoisotopic (exact) mass is 342 g/mol. The van der Waals surface area contributed by atoms with Crippen molar-refractivity contribution in [1.82, 2.24) is 0 Å². The van der Waals surface area contributed by atoms with Crippen LogP contribution in [0.5, 0.6) is 11.5 Å². The van der Waals surface area contributed by atoms with E-state index in [1.165, 1.54) is 6.92 Å². The second-order valence-electron chi connectivity index (χ2n) is 5.49. The van der Waals surface area contributed by atoms with Gasteiger partial charge in [-0.15, -0.1) is 0 Å². The summed E-state index contributed by atoms with van der Waals surface area (Å²) in [6.45, 7) is 4.32. The molecule has 0 amide bonds. The molecule has 0 spiro atoms. The lowest BCUT2D eigenvalue weighted by Crippen LogP contribution is -2.22. The van der Waals surface area contributed by atoms with Gasteiger partial charge in [-0.05, 0) is 61.9 Å². The molecule has 0 saturated carbocycles. The SMILES string of the molecule is CCCCOc1ccc(N=Nc2ccc(OC(C)C(=O)O)cc2)cc1. The van der Waals surface area contributed by atoms with Gasteiger partial charge in [-0.3, -0.25) is 0 Å². The normalized spacial score (nSPS) is 12.1. The van der Waals surface area contributed by atoms with Gasteiger partial charge in [-0.1, -0.05) is 13.3 Å². The lowest BCUT2D eigenvalue weighted by Gasteiger charge is -2.09. The maximum Gasteiger partial charge on any atom is 0.344 e. The van der Waals surface area contributed by atoms with Crippen LogP contribution in [-0.4, -0.2) is 23.8 Å². The van der Waals surface area contributed by atoms with Crippen molar-refractivity contribution in [1.29, 1.82) is 0 Å². The average Bonchev–Trinajstić information content (AvgIpc) is 2.62. The summed E-state index contributed by atoms with van der Waals surface area (Å²) >= 11 is 0. The molecule has 0 aromatic heterocycles. The first-order valence-corrected chi connectivity index (χ1v) is 8.22. The maximum atomic E-state index is 10.8. The van der Waals surface area contributed by atoms with Gasteiger partial charge in [0.25, 0.3) is 0 Å². The van der Waals surface area contributed by atoms with Crippen LogP contribution >= 0.6 is 0 Å². The van der Waals surface area contributed by atoms with Crippen molar-refractivity contribution in [2.24, 2.45) is 10.2 Å². The largest absolute Gasteiger partial charge is 0.494 e. The lowest BCUT2D eigenvalue weighted by atomic mass is 10.3. The molecule has 0 heterocycles. The Balaban J connectivity index is 1.91. The quantitative estimate of drug-likeness (QED) is 0.506. The van der Waals surface area contributed by atoms with Crippen molar-refractivity contribution in [3.05, 3.63) is 48.5 Å². The van der Waals surface area contributed by atoms with E-state index in [0.29, 0.717) is 18.0 Å². The van der Waals surface area contributed by atoms with Gasteiger partial charge in [-0.2, -0.15) is 10.2 Å². The molecule has 0 aliphatic carbocycles. The Morgan fingerprint density at radius 2 is 1.52 bits per heavy atom. The molecule has 0 saturated heterocycles. The second kappa shape index (κ2) is 9.42. The zero-order valence-electron chi connectivity index (χ0n) is 14.4. The van der Waals surface area contributed by atoms with E-state index >= 15 is 0 Å². The van der Waals surface area contributed by atoms with Crippen molar-refractivity contribution in [3.8, 4) is 11.5 Å². The molecule has 0 aliphatic heterocycles. The van der Waals surface area contributed by atoms with E-state index in [2.05, 4.69) is 17.2 Å². The highest BCUT2D eigenvalue weighted by Gasteiger charge is 2.11. The molecular formula is C19H22N2O4. The van der Waals surface area contributed by atoms with Gasteiger partial charge >= 0.3 is 5.97 Å². The van der Waals surface area contributed by atoms with Gasteiger partial charge in [0.05, 0.1) is 18.0 Å². The van der Waals surface area contributed by atoms with Crippen LogP contribution in [-0.2, 0) is 4.79 Å². The molecule has 1 N–H and O–H groups in total. The summed E-state index contributed by atoms with van der Waals surface area (Å²) in [5.41, 5.74) is 1.38. The van der Waals surface area contributed by atoms with Crippen molar-refractivity contribution < 1.29 is 19.4 Å². The number of hydrogen-bond acceptors (Lipinski definition) is 5. The fourth-order valence-electron chi connectivity index (χ4n) is 1.90. The zero-order valence-corrected chi connectivity index (χ0v) is 14.4. The van der Waals surface area contributed by atoms with Gasteiger partial charge in [0.2, 0.25) is 0 Å². The standard InChI is InChI=1S/C19H22N2O4/c1-3-4-13-24-17-9-5-15(6-10-17)20-21-16-7-11-18(12-8-16)25-14(2)19(22)23/h5-12,14H,3-4,13H2,1-2H3,(H,22,23). The van der Waals surface area contributed by atoms with Crippen LogP contribution < -0.4 is 9.47 Å². The van der Waals surface area contributed by atoms with Crippen molar-refractivity contribution in [2.45, 2.75) is 32.8 Å². The van der Waals surface area contributed by atoms with Crippen LogP contribution in [0.4, 0.5) is 11.4 Å².